The minimum Gasteiger partial charge on any atom is -0.390 e. The number of aliphatic hydroxyl groups is 1. The van der Waals surface area contributed by atoms with E-state index in [-0.39, 0.29) is 11.9 Å². The lowest BCUT2D eigenvalue weighted by Gasteiger charge is -2.33. The molecule has 2 saturated heterocycles. The monoisotopic (exact) mass is 370 g/mol. The minimum absolute atomic E-state index is 0.0352. The van der Waals surface area contributed by atoms with E-state index in [9.17, 15) is 9.90 Å². The molecular formula is C20H26N4O3. The molecule has 4 rings (SSSR count). The smallest absolute Gasteiger partial charge is 0.227 e. The van der Waals surface area contributed by atoms with Crippen molar-refractivity contribution in [3.05, 3.63) is 36.2 Å². The average Bonchev–Trinajstić information content (AvgIpc) is 3.34. The van der Waals surface area contributed by atoms with Crippen molar-refractivity contribution in [3.8, 4) is 11.4 Å². The van der Waals surface area contributed by atoms with Crippen LogP contribution in [0.4, 0.5) is 0 Å². The van der Waals surface area contributed by atoms with Crippen LogP contribution in [0.15, 0.2) is 34.9 Å². The summed E-state index contributed by atoms with van der Waals surface area (Å²) in [5, 5.41) is 14.4. The van der Waals surface area contributed by atoms with Gasteiger partial charge in [0.05, 0.1) is 12.1 Å². The van der Waals surface area contributed by atoms with E-state index in [1.807, 2.05) is 30.3 Å². The normalized spacial score (nSPS) is 23.7. The number of β-amino-alcohol motifs (C(OH)–C–C–N with tert-alkyl or cyclic N) is 1. The van der Waals surface area contributed by atoms with Crippen molar-refractivity contribution in [3.63, 3.8) is 0 Å². The molecule has 1 aromatic heterocycles. The number of aryl methyl sites for hydroxylation is 1. The molecule has 2 aromatic rings. The number of rotatable bonds is 5. The zero-order chi connectivity index (χ0) is 18.6. The summed E-state index contributed by atoms with van der Waals surface area (Å²) >= 11 is 0. The molecule has 7 nitrogen and oxygen atoms in total. The second-order valence-electron chi connectivity index (χ2n) is 7.41. The van der Waals surface area contributed by atoms with Crippen molar-refractivity contribution in [2.45, 2.75) is 44.2 Å². The second kappa shape index (κ2) is 8.19. The fourth-order valence-electron chi connectivity index (χ4n) is 4.01. The highest BCUT2D eigenvalue weighted by atomic mass is 16.5. The fourth-order valence-corrected chi connectivity index (χ4v) is 4.01. The number of hydrogen-bond acceptors (Lipinski definition) is 6. The molecule has 7 heteroatoms. The van der Waals surface area contributed by atoms with E-state index >= 15 is 0 Å². The van der Waals surface area contributed by atoms with Crippen LogP contribution in [0.2, 0.25) is 0 Å². The predicted molar refractivity (Wildman–Crippen MR) is 99.9 cm³/mol. The molecule has 2 fully saturated rings. The Balaban J connectivity index is 1.30. The van der Waals surface area contributed by atoms with E-state index < -0.39 is 6.10 Å². The lowest BCUT2D eigenvalue weighted by molar-refractivity contribution is -0.130. The highest BCUT2D eigenvalue weighted by molar-refractivity contribution is 5.76. The Morgan fingerprint density at radius 2 is 1.93 bits per heavy atom. The zero-order valence-corrected chi connectivity index (χ0v) is 15.5. The van der Waals surface area contributed by atoms with Crippen LogP contribution in [-0.4, -0.2) is 69.3 Å². The van der Waals surface area contributed by atoms with Crippen molar-refractivity contribution in [1.82, 2.24) is 19.9 Å². The molecule has 1 amide bonds. The number of hydrogen-bond donors (Lipinski definition) is 1. The lowest BCUT2D eigenvalue weighted by Crippen LogP contribution is -2.46. The number of carbonyl (C=O) groups excluding carboxylic acids is 1. The van der Waals surface area contributed by atoms with E-state index in [2.05, 4.69) is 15.0 Å². The summed E-state index contributed by atoms with van der Waals surface area (Å²) in [6.07, 6.45) is 3.89. The van der Waals surface area contributed by atoms with Crippen LogP contribution in [0.3, 0.4) is 0 Å². The van der Waals surface area contributed by atoms with Crippen LogP contribution >= 0.6 is 0 Å². The molecule has 0 bridgehead atoms. The van der Waals surface area contributed by atoms with Gasteiger partial charge in [-0.25, -0.2) is 0 Å². The Morgan fingerprint density at radius 1 is 1.15 bits per heavy atom. The third kappa shape index (κ3) is 4.20. The average molecular weight is 370 g/mol. The van der Waals surface area contributed by atoms with E-state index in [0.29, 0.717) is 37.6 Å². The largest absolute Gasteiger partial charge is 0.390 e. The van der Waals surface area contributed by atoms with Gasteiger partial charge in [-0.05, 0) is 25.9 Å². The molecular weight excluding hydrogens is 344 g/mol. The fraction of sp³-hybridized carbons (Fsp3) is 0.550. The molecule has 0 radical (unpaired) electrons. The second-order valence-corrected chi connectivity index (χ2v) is 7.41. The summed E-state index contributed by atoms with van der Waals surface area (Å²) in [4.78, 5) is 21.1. The molecule has 27 heavy (non-hydrogen) atoms. The molecule has 144 valence electrons. The number of piperidine rings is 1. The number of nitrogens with zero attached hydrogens (tertiary/aromatic N) is 4. The summed E-state index contributed by atoms with van der Waals surface area (Å²) in [5.74, 6) is 1.04. The molecule has 0 saturated carbocycles. The van der Waals surface area contributed by atoms with Crippen LogP contribution < -0.4 is 0 Å². The first-order chi connectivity index (χ1) is 13.2. The summed E-state index contributed by atoms with van der Waals surface area (Å²) < 4.78 is 5.28. The first-order valence-corrected chi connectivity index (χ1v) is 9.78. The Bertz CT molecular complexity index is 758. The maximum absolute atomic E-state index is 12.6. The van der Waals surface area contributed by atoms with Crippen molar-refractivity contribution in [2.75, 3.05) is 26.2 Å². The van der Waals surface area contributed by atoms with E-state index in [1.165, 1.54) is 19.3 Å². The zero-order valence-electron chi connectivity index (χ0n) is 15.5. The van der Waals surface area contributed by atoms with Crippen LogP contribution in [0.1, 0.15) is 31.6 Å². The summed E-state index contributed by atoms with van der Waals surface area (Å²) in [6, 6.07) is 9.70. The molecule has 0 unspecified atom stereocenters. The Hall–Kier alpha value is -2.25. The van der Waals surface area contributed by atoms with Crippen LogP contribution in [0, 0.1) is 0 Å². The molecule has 2 atom stereocenters. The van der Waals surface area contributed by atoms with E-state index in [4.69, 9.17) is 4.52 Å². The van der Waals surface area contributed by atoms with Gasteiger partial charge in [-0.2, -0.15) is 4.98 Å². The van der Waals surface area contributed by atoms with Gasteiger partial charge in [0.2, 0.25) is 17.6 Å². The topological polar surface area (TPSA) is 82.7 Å². The van der Waals surface area contributed by atoms with E-state index in [0.717, 1.165) is 18.7 Å². The maximum Gasteiger partial charge on any atom is 0.227 e. The first kappa shape index (κ1) is 18.1. The van der Waals surface area contributed by atoms with Crippen molar-refractivity contribution in [1.29, 1.82) is 0 Å². The van der Waals surface area contributed by atoms with Crippen LogP contribution in [0.5, 0.6) is 0 Å². The highest BCUT2D eigenvalue weighted by Gasteiger charge is 2.37. The molecule has 2 aliphatic heterocycles. The minimum atomic E-state index is -0.458. The van der Waals surface area contributed by atoms with Gasteiger partial charge >= 0.3 is 0 Å². The van der Waals surface area contributed by atoms with Crippen LogP contribution in [-0.2, 0) is 11.2 Å². The molecule has 3 heterocycles. The first-order valence-electron chi connectivity index (χ1n) is 9.78. The van der Waals surface area contributed by atoms with Crippen molar-refractivity contribution >= 4 is 5.91 Å². The van der Waals surface area contributed by atoms with Crippen molar-refractivity contribution < 1.29 is 14.4 Å². The quantitative estimate of drug-likeness (QED) is 0.863. The van der Waals surface area contributed by atoms with Crippen molar-refractivity contribution in [2.24, 2.45) is 0 Å². The number of likely N-dealkylation sites (tertiary alicyclic amines) is 2. The Labute approximate surface area is 159 Å². The van der Waals surface area contributed by atoms with Gasteiger partial charge in [0.15, 0.2) is 0 Å². The van der Waals surface area contributed by atoms with Gasteiger partial charge in [0, 0.05) is 31.5 Å². The number of aliphatic hydroxyl groups excluding tert-OH is 1. The molecule has 1 N–H and O–H groups in total. The number of benzene rings is 1. The van der Waals surface area contributed by atoms with Gasteiger partial charge < -0.3 is 14.5 Å². The predicted octanol–water partition coefficient (Wildman–Crippen LogP) is 1.73. The van der Waals surface area contributed by atoms with Gasteiger partial charge in [0.25, 0.3) is 0 Å². The standard InChI is InChI=1S/C20H26N4O3/c25-17-14-24(13-16(17)23-11-5-2-6-12-23)19(26)10-9-18-21-20(22-27-18)15-7-3-1-4-8-15/h1,3-4,7-8,16-17,25H,2,5-6,9-14H2/t16-,17-/m1/s1. The van der Waals surface area contributed by atoms with Gasteiger partial charge in [-0.1, -0.05) is 41.9 Å². The highest BCUT2D eigenvalue weighted by Crippen LogP contribution is 2.22. The lowest BCUT2D eigenvalue weighted by atomic mass is 10.1. The van der Waals surface area contributed by atoms with Gasteiger partial charge in [0.1, 0.15) is 0 Å². The number of aromatic nitrogens is 2. The Kier molecular flexibility index (Phi) is 5.50. The summed E-state index contributed by atoms with van der Waals surface area (Å²) in [6.45, 7) is 3.07. The maximum atomic E-state index is 12.6. The number of amides is 1. The molecule has 2 aliphatic rings. The van der Waals surface area contributed by atoms with Gasteiger partial charge in [-0.15, -0.1) is 0 Å². The summed E-state index contributed by atoms with van der Waals surface area (Å²) in [7, 11) is 0. The van der Waals surface area contributed by atoms with Gasteiger partial charge in [-0.3, -0.25) is 9.69 Å². The molecule has 0 aliphatic carbocycles. The third-order valence-electron chi connectivity index (χ3n) is 5.52. The third-order valence-corrected chi connectivity index (χ3v) is 5.52. The summed E-state index contributed by atoms with van der Waals surface area (Å²) in [5.41, 5.74) is 0.894. The SMILES string of the molecule is O=C(CCc1nc(-c2ccccc2)no1)N1C[C@@H](O)[C@H](N2CCCCC2)C1. The Morgan fingerprint density at radius 3 is 2.70 bits per heavy atom. The van der Waals surface area contributed by atoms with E-state index in [1.54, 1.807) is 4.90 Å². The van der Waals surface area contributed by atoms with Crippen LogP contribution in [0.25, 0.3) is 11.4 Å². The molecule has 0 spiro atoms. The number of carbonyl (C=O) groups is 1. The molecule has 1 aromatic carbocycles.